The summed E-state index contributed by atoms with van der Waals surface area (Å²) in [5.41, 5.74) is 3.62. The first-order valence-electron chi connectivity index (χ1n) is 8.37. The van der Waals surface area contributed by atoms with Crippen LogP contribution in [0.3, 0.4) is 0 Å². The predicted octanol–water partition coefficient (Wildman–Crippen LogP) is 1.57. The number of hydrogen-bond donors (Lipinski definition) is 4. The van der Waals surface area contributed by atoms with Crippen molar-refractivity contribution in [3.63, 3.8) is 0 Å². The molecule has 26 heavy (non-hydrogen) atoms. The monoisotopic (exact) mass is 361 g/mol. The van der Waals surface area contributed by atoms with Crippen LogP contribution in [-0.4, -0.2) is 47.2 Å². The van der Waals surface area contributed by atoms with Crippen LogP contribution in [0.5, 0.6) is 11.5 Å². The van der Waals surface area contributed by atoms with Crippen LogP contribution in [0.2, 0.25) is 0 Å². The standard InChI is InChI=1S/C18H27N5O3/c1-18(2,3)20-10-12(24)11-26-15-7-5-6-14(25-4)17(15)13-8-9-16(21-19)23-22-13/h5-9,12,20,24H,10-11,19H2,1-4H3,(H,21,23). The maximum absolute atomic E-state index is 10.2. The molecule has 0 radical (unpaired) electrons. The van der Waals surface area contributed by atoms with E-state index >= 15 is 0 Å². The highest BCUT2D eigenvalue weighted by Crippen LogP contribution is 2.37. The number of aliphatic hydroxyl groups is 1. The lowest BCUT2D eigenvalue weighted by Crippen LogP contribution is -2.42. The van der Waals surface area contributed by atoms with Crippen LogP contribution in [0.15, 0.2) is 30.3 Å². The van der Waals surface area contributed by atoms with Crippen molar-refractivity contribution in [2.45, 2.75) is 32.4 Å². The third-order valence-corrected chi connectivity index (χ3v) is 3.58. The number of benzene rings is 1. The number of nitrogens with zero attached hydrogens (tertiary/aromatic N) is 2. The van der Waals surface area contributed by atoms with Crippen molar-refractivity contribution in [1.82, 2.24) is 15.5 Å². The molecule has 0 fully saturated rings. The van der Waals surface area contributed by atoms with Crippen LogP contribution in [0.1, 0.15) is 20.8 Å². The van der Waals surface area contributed by atoms with Gasteiger partial charge >= 0.3 is 0 Å². The minimum Gasteiger partial charge on any atom is -0.496 e. The van der Waals surface area contributed by atoms with Crippen LogP contribution >= 0.6 is 0 Å². The number of hydrazine groups is 1. The van der Waals surface area contributed by atoms with Gasteiger partial charge in [0.25, 0.3) is 0 Å². The molecule has 8 nitrogen and oxygen atoms in total. The number of hydrogen-bond acceptors (Lipinski definition) is 8. The van der Waals surface area contributed by atoms with Gasteiger partial charge in [-0.3, -0.25) is 0 Å². The molecule has 1 atom stereocenters. The van der Waals surface area contributed by atoms with Crippen molar-refractivity contribution in [3.05, 3.63) is 30.3 Å². The van der Waals surface area contributed by atoms with Crippen molar-refractivity contribution in [2.24, 2.45) is 5.84 Å². The second-order valence-electron chi connectivity index (χ2n) is 6.88. The fourth-order valence-corrected chi connectivity index (χ4v) is 2.27. The molecule has 1 aromatic carbocycles. The number of nitrogens with two attached hydrogens (primary N) is 1. The highest BCUT2D eigenvalue weighted by Gasteiger charge is 2.17. The van der Waals surface area contributed by atoms with Gasteiger partial charge in [0.1, 0.15) is 29.9 Å². The molecule has 8 heteroatoms. The lowest BCUT2D eigenvalue weighted by Gasteiger charge is -2.23. The topological polar surface area (TPSA) is 115 Å². The second kappa shape index (κ2) is 8.79. The minimum atomic E-state index is -0.650. The SMILES string of the molecule is COc1cccc(OCC(O)CNC(C)(C)C)c1-c1ccc(NN)nn1. The molecular weight excluding hydrogens is 334 g/mol. The molecule has 0 aliphatic rings. The highest BCUT2D eigenvalue weighted by molar-refractivity contribution is 5.74. The Kier molecular flexibility index (Phi) is 6.73. The van der Waals surface area contributed by atoms with Crippen LogP contribution in [0.25, 0.3) is 11.3 Å². The van der Waals surface area contributed by atoms with Crippen LogP contribution in [-0.2, 0) is 0 Å². The Morgan fingerprint density at radius 2 is 1.88 bits per heavy atom. The van der Waals surface area contributed by atoms with E-state index in [1.165, 1.54) is 0 Å². The maximum Gasteiger partial charge on any atom is 0.162 e. The molecule has 1 heterocycles. The summed E-state index contributed by atoms with van der Waals surface area (Å²) in [6, 6.07) is 8.92. The molecule has 0 saturated heterocycles. The van der Waals surface area contributed by atoms with E-state index in [9.17, 15) is 5.11 Å². The first-order chi connectivity index (χ1) is 12.3. The summed E-state index contributed by atoms with van der Waals surface area (Å²) < 4.78 is 11.3. The molecular formula is C18H27N5O3. The van der Waals surface area contributed by atoms with Crippen molar-refractivity contribution >= 4 is 5.82 Å². The summed E-state index contributed by atoms with van der Waals surface area (Å²) in [4.78, 5) is 0. The van der Waals surface area contributed by atoms with Crippen molar-refractivity contribution in [2.75, 3.05) is 25.7 Å². The average molecular weight is 361 g/mol. The van der Waals surface area contributed by atoms with Crippen LogP contribution in [0, 0.1) is 0 Å². The lowest BCUT2D eigenvalue weighted by molar-refractivity contribution is 0.100. The number of nitrogens with one attached hydrogen (secondary N) is 2. The third kappa shape index (κ3) is 5.55. The zero-order chi connectivity index (χ0) is 19.2. The number of anilines is 1. The van der Waals surface area contributed by atoms with Gasteiger partial charge in [-0.25, -0.2) is 5.84 Å². The van der Waals surface area contributed by atoms with Gasteiger partial charge in [0.15, 0.2) is 5.82 Å². The number of β-amino-alcohol motifs (C(OH)–C–C–N with tert-alkyl or cyclic N) is 1. The molecule has 2 rings (SSSR count). The Hall–Kier alpha value is -2.42. The number of rotatable bonds is 8. The summed E-state index contributed by atoms with van der Waals surface area (Å²) in [6.07, 6.45) is -0.650. The zero-order valence-electron chi connectivity index (χ0n) is 15.6. The Labute approximate surface area is 153 Å². The molecule has 142 valence electrons. The number of nitrogen functional groups attached to an aromatic ring is 1. The van der Waals surface area contributed by atoms with Gasteiger partial charge in [-0.2, -0.15) is 0 Å². The fourth-order valence-electron chi connectivity index (χ4n) is 2.27. The van der Waals surface area contributed by atoms with Gasteiger partial charge in [-0.05, 0) is 45.0 Å². The van der Waals surface area contributed by atoms with Gasteiger partial charge in [0.05, 0.1) is 12.7 Å². The maximum atomic E-state index is 10.2. The van der Waals surface area contributed by atoms with E-state index in [0.717, 1.165) is 0 Å². The lowest BCUT2D eigenvalue weighted by atomic mass is 10.1. The molecule has 1 aromatic heterocycles. The Morgan fingerprint density at radius 3 is 2.46 bits per heavy atom. The molecule has 5 N–H and O–H groups in total. The van der Waals surface area contributed by atoms with Crippen molar-refractivity contribution < 1.29 is 14.6 Å². The highest BCUT2D eigenvalue weighted by atomic mass is 16.5. The number of aromatic nitrogens is 2. The first kappa shape index (κ1) is 19.9. The van der Waals surface area contributed by atoms with Gasteiger partial charge in [0.2, 0.25) is 0 Å². The smallest absolute Gasteiger partial charge is 0.162 e. The predicted molar refractivity (Wildman–Crippen MR) is 101 cm³/mol. The van der Waals surface area contributed by atoms with E-state index in [2.05, 4.69) is 20.9 Å². The van der Waals surface area contributed by atoms with Crippen molar-refractivity contribution in [3.8, 4) is 22.8 Å². The van der Waals surface area contributed by atoms with Gasteiger partial charge < -0.3 is 25.3 Å². The quantitative estimate of drug-likeness (QED) is 0.414. The Balaban J connectivity index is 2.17. The number of aliphatic hydroxyl groups excluding tert-OH is 1. The van der Waals surface area contributed by atoms with E-state index in [-0.39, 0.29) is 12.1 Å². The molecule has 0 aliphatic carbocycles. The van der Waals surface area contributed by atoms with Crippen LogP contribution in [0.4, 0.5) is 5.82 Å². The summed E-state index contributed by atoms with van der Waals surface area (Å²) in [5.74, 6) is 6.94. The average Bonchev–Trinajstić information content (AvgIpc) is 2.63. The molecule has 0 bridgehead atoms. The number of ether oxygens (including phenoxy) is 2. The second-order valence-corrected chi connectivity index (χ2v) is 6.88. The molecule has 0 amide bonds. The fraction of sp³-hybridized carbons (Fsp3) is 0.444. The van der Waals surface area contributed by atoms with E-state index in [0.29, 0.717) is 35.1 Å². The molecule has 0 aliphatic heterocycles. The Morgan fingerprint density at radius 1 is 1.15 bits per heavy atom. The normalized spacial score (nSPS) is 12.5. The van der Waals surface area contributed by atoms with E-state index in [1.54, 1.807) is 25.3 Å². The Bertz CT molecular complexity index is 701. The summed E-state index contributed by atoms with van der Waals surface area (Å²) in [6.45, 7) is 6.69. The summed E-state index contributed by atoms with van der Waals surface area (Å²) >= 11 is 0. The molecule has 2 aromatic rings. The third-order valence-electron chi connectivity index (χ3n) is 3.58. The molecule has 0 spiro atoms. The van der Waals surface area contributed by atoms with Gasteiger partial charge in [0, 0.05) is 12.1 Å². The minimum absolute atomic E-state index is 0.0729. The van der Waals surface area contributed by atoms with Crippen LogP contribution < -0.4 is 26.1 Å². The summed E-state index contributed by atoms with van der Waals surface area (Å²) in [5, 5.41) is 21.5. The largest absolute Gasteiger partial charge is 0.496 e. The van der Waals surface area contributed by atoms with Crippen molar-refractivity contribution in [1.29, 1.82) is 0 Å². The van der Waals surface area contributed by atoms with Gasteiger partial charge in [-0.1, -0.05) is 6.07 Å². The first-order valence-corrected chi connectivity index (χ1v) is 8.37. The van der Waals surface area contributed by atoms with Gasteiger partial charge in [-0.15, -0.1) is 10.2 Å². The van der Waals surface area contributed by atoms with E-state index < -0.39 is 6.10 Å². The number of methoxy groups -OCH3 is 1. The van der Waals surface area contributed by atoms with E-state index in [1.807, 2.05) is 32.9 Å². The van der Waals surface area contributed by atoms with E-state index in [4.69, 9.17) is 15.3 Å². The molecule has 0 saturated carbocycles. The summed E-state index contributed by atoms with van der Waals surface area (Å²) in [7, 11) is 1.58. The zero-order valence-corrected chi connectivity index (χ0v) is 15.6. The molecule has 1 unspecified atom stereocenters.